The lowest BCUT2D eigenvalue weighted by atomic mass is 10.2. The van der Waals surface area contributed by atoms with Crippen LogP contribution in [0.5, 0.6) is 0 Å². The van der Waals surface area contributed by atoms with Crippen molar-refractivity contribution >= 4 is 45.4 Å². The van der Waals surface area contributed by atoms with Crippen LogP contribution in [0, 0.1) is 17.5 Å². The van der Waals surface area contributed by atoms with Gasteiger partial charge in [0.2, 0.25) is 0 Å². The Hall–Kier alpha value is -2.84. The fourth-order valence-corrected chi connectivity index (χ4v) is 3.82. The van der Waals surface area contributed by atoms with Crippen molar-refractivity contribution in [2.24, 2.45) is 0 Å². The lowest BCUT2D eigenvalue weighted by Crippen LogP contribution is -2.16. The van der Waals surface area contributed by atoms with Gasteiger partial charge in [-0.15, -0.1) is 11.3 Å². The van der Waals surface area contributed by atoms with E-state index in [9.17, 15) is 9.18 Å². The molecule has 0 aliphatic heterocycles. The lowest BCUT2D eigenvalue weighted by Gasteiger charge is -2.09. The van der Waals surface area contributed by atoms with Crippen LogP contribution in [0.4, 0.5) is 10.1 Å². The molecule has 8 heteroatoms. The largest absolute Gasteiger partial charge is 0.336 e. The van der Waals surface area contributed by atoms with Crippen molar-refractivity contribution in [2.45, 2.75) is 6.92 Å². The minimum Gasteiger partial charge on any atom is -0.336 e. The van der Waals surface area contributed by atoms with Crippen LogP contribution >= 0.6 is 23.6 Å². The van der Waals surface area contributed by atoms with Gasteiger partial charge in [0.25, 0.3) is 5.91 Å². The topological polar surface area (TPSA) is 62.7 Å². The number of carbonyl (C=O) groups is 1. The van der Waals surface area contributed by atoms with Gasteiger partial charge >= 0.3 is 0 Å². The van der Waals surface area contributed by atoms with Gasteiger partial charge in [-0.25, -0.2) is 9.37 Å². The number of aryl methyl sites for hydroxylation is 1. The number of imidazole rings is 1. The third-order valence-electron chi connectivity index (χ3n) is 3.85. The quantitative estimate of drug-likeness (QED) is 0.497. The number of aromatic nitrogens is 3. The first kappa shape index (κ1) is 16.6. The zero-order valence-electron chi connectivity index (χ0n) is 13.6. The summed E-state index contributed by atoms with van der Waals surface area (Å²) in [5, 5.41) is 3.84. The summed E-state index contributed by atoms with van der Waals surface area (Å²) < 4.78 is 16.1. The van der Waals surface area contributed by atoms with E-state index in [1.807, 2.05) is 25.1 Å². The predicted molar refractivity (Wildman–Crippen MR) is 103 cm³/mol. The summed E-state index contributed by atoms with van der Waals surface area (Å²) >= 11 is 6.83. The molecular weight excluding hydrogens is 371 g/mol. The van der Waals surface area contributed by atoms with Gasteiger partial charge in [-0.1, -0.05) is 0 Å². The number of nitrogens with one attached hydrogen (secondary N) is 2. The second-order valence-corrected chi connectivity index (χ2v) is 7.28. The summed E-state index contributed by atoms with van der Waals surface area (Å²) in [5.74, 6) is -0.669. The molecule has 0 fully saturated rings. The smallest absolute Gasteiger partial charge is 0.274 e. The molecule has 130 valence electrons. The highest BCUT2D eigenvalue weighted by Gasteiger charge is 2.15. The highest BCUT2D eigenvalue weighted by Crippen LogP contribution is 2.25. The Morgan fingerprint density at radius 3 is 2.81 bits per heavy atom. The van der Waals surface area contributed by atoms with E-state index in [4.69, 9.17) is 12.2 Å². The Balaban J connectivity index is 1.68. The van der Waals surface area contributed by atoms with Crippen molar-refractivity contribution in [3.8, 4) is 5.69 Å². The summed E-state index contributed by atoms with van der Waals surface area (Å²) in [6.45, 7) is 1.94. The number of anilines is 1. The zero-order valence-corrected chi connectivity index (χ0v) is 15.2. The number of hydrogen-bond acceptors (Lipinski definition) is 4. The maximum atomic E-state index is 13.2. The summed E-state index contributed by atoms with van der Waals surface area (Å²) in [5.41, 5.74) is 2.52. The van der Waals surface area contributed by atoms with E-state index in [0.29, 0.717) is 21.8 Å². The second kappa shape index (κ2) is 6.47. The normalized spacial score (nSPS) is 11.0. The van der Waals surface area contributed by atoms with Crippen LogP contribution in [0.25, 0.3) is 15.9 Å². The zero-order chi connectivity index (χ0) is 18.3. The Bertz CT molecular complexity index is 1170. The monoisotopic (exact) mass is 384 g/mol. The number of thiazole rings is 1. The molecular formula is C18H13FN4OS2. The molecule has 2 N–H and O–H groups in total. The first-order valence-corrected chi connectivity index (χ1v) is 8.99. The maximum Gasteiger partial charge on any atom is 0.274 e. The van der Waals surface area contributed by atoms with Crippen LogP contribution in [0.2, 0.25) is 0 Å². The maximum absolute atomic E-state index is 13.2. The van der Waals surface area contributed by atoms with Crippen LogP contribution in [0.3, 0.4) is 0 Å². The fourth-order valence-electron chi connectivity index (χ4n) is 2.69. The molecule has 0 atom stereocenters. The summed E-state index contributed by atoms with van der Waals surface area (Å²) in [6.07, 6.45) is 1.54. The van der Waals surface area contributed by atoms with Crippen LogP contribution in [-0.4, -0.2) is 20.4 Å². The molecule has 0 saturated carbocycles. The van der Waals surface area contributed by atoms with E-state index in [-0.39, 0.29) is 11.7 Å². The van der Waals surface area contributed by atoms with Gasteiger partial charge in [0.1, 0.15) is 11.5 Å². The molecule has 0 saturated heterocycles. The van der Waals surface area contributed by atoms with Crippen molar-refractivity contribution in [1.82, 2.24) is 14.5 Å². The van der Waals surface area contributed by atoms with Gasteiger partial charge in [0, 0.05) is 17.6 Å². The molecule has 4 aromatic rings. The van der Waals surface area contributed by atoms with E-state index in [1.165, 1.54) is 18.3 Å². The molecule has 4 rings (SSSR count). The number of fused-ring (bicyclic) bond motifs is 1. The number of aromatic amines is 1. The predicted octanol–water partition coefficient (Wildman–Crippen LogP) is 4.84. The molecule has 1 amide bonds. The molecule has 0 radical (unpaired) electrons. The van der Waals surface area contributed by atoms with Crippen LogP contribution < -0.4 is 5.32 Å². The van der Waals surface area contributed by atoms with Crippen LogP contribution in [-0.2, 0) is 0 Å². The molecule has 2 aromatic heterocycles. The van der Waals surface area contributed by atoms with Crippen molar-refractivity contribution in [3.63, 3.8) is 0 Å². The number of rotatable bonds is 3. The molecule has 0 unspecified atom stereocenters. The SMILES string of the molecule is Cc1nc2ccc(NC(=O)c3c[nH]c(=S)n3-c3ccc(F)cc3)cc2s1. The Kier molecular flexibility index (Phi) is 4.14. The highest BCUT2D eigenvalue weighted by atomic mass is 32.1. The molecule has 0 aliphatic rings. The molecule has 0 bridgehead atoms. The molecule has 2 aromatic carbocycles. The van der Waals surface area contributed by atoms with Crippen LogP contribution in [0.1, 0.15) is 15.5 Å². The average molecular weight is 384 g/mol. The summed E-state index contributed by atoms with van der Waals surface area (Å²) in [7, 11) is 0. The minimum absolute atomic E-state index is 0.317. The van der Waals surface area contributed by atoms with E-state index < -0.39 is 0 Å². The van der Waals surface area contributed by atoms with E-state index >= 15 is 0 Å². The molecule has 0 aliphatic carbocycles. The Morgan fingerprint density at radius 2 is 2.04 bits per heavy atom. The van der Waals surface area contributed by atoms with Crippen molar-refractivity contribution < 1.29 is 9.18 Å². The van der Waals surface area contributed by atoms with Gasteiger partial charge in [-0.2, -0.15) is 0 Å². The Labute approximate surface area is 157 Å². The van der Waals surface area contributed by atoms with Gasteiger partial charge < -0.3 is 10.3 Å². The summed E-state index contributed by atoms with van der Waals surface area (Å²) in [6, 6.07) is 11.4. The molecule has 5 nitrogen and oxygen atoms in total. The standard InChI is InChI=1S/C18H13FN4OS2/c1-10-21-14-7-4-12(8-16(14)26-10)22-17(24)15-9-20-18(25)23(15)13-5-2-11(19)3-6-13/h2-9H,1H3,(H,20,25)(H,22,24). The van der Waals surface area contributed by atoms with Gasteiger partial charge in [-0.05, 0) is 61.6 Å². The minimum atomic E-state index is -0.352. The fraction of sp³-hybridized carbons (Fsp3) is 0.0556. The number of hydrogen-bond donors (Lipinski definition) is 2. The number of carbonyl (C=O) groups excluding carboxylic acids is 1. The molecule has 26 heavy (non-hydrogen) atoms. The van der Waals surface area contributed by atoms with Crippen LogP contribution in [0.15, 0.2) is 48.7 Å². The number of halogens is 1. The Morgan fingerprint density at radius 1 is 1.27 bits per heavy atom. The molecule has 0 spiro atoms. The average Bonchev–Trinajstić information content (AvgIpc) is 3.17. The van der Waals surface area contributed by atoms with Gasteiger partial charge in [-0.3, -0.25) is 9.36 Å². The second-order valence-electron chi connectivity index (χ2n) is 5.66. The first-order valence-electron chi connectivity index (χ1n) is 7.76. The van der Waals surface area contributed by atoms with Crippen molar-refractivity contribution in [1.29, 1.82) is 0 Å². The van der Waals surface area contributed by atoms with E-state index in [2.05, 4.69) is 15.3 Å². The van der Waals surface area contributed by atoms with Crippen molar-refractivity contribution in [2.75, 3.05) is 5.32 Å². The molecule has 2 heterocycles. The number of amides is 1. The van der Waals surface area contributed by atoms with Crippen molar-refractivity contribution in [3.05, 3.63) is 70.0 Å². The highest BCUT2D eigenvalue weighted by molar-refractivity contribution is 7.71. The lowest BCUT2D eigenvalue weighted by molar-refractivity contribution is 0.102. The number of nitrogens with zero attached hydrogens (tertiary/aromatic N) is 2. The van der Waals surface area contributed by atoms with Gasteiger partial charge in [0.05, 0.1) is 15.2 Å². The van der Waals surface area contributed by atoms with E-state index in [0.717, 1.165) is 15.2 Å². The van der Waals surface area contributed by atoms with Gasteiger partial charge in [0.15, 0.2) is 4.77 Å². The number of benzene rings is 2. The van der Waals surface area contributed by atoms with E-state index in [1.54, 1.807) is 28.0 Å². The third kappa shape index (κ3) is 3.04. The summed E-state index contributed by atoms with van der Waals surface area (Å²) in [4.78, 5) is 20.0. The third-order valence-corrected chi connectivity index (χ3v) is 5.08. The number of H-pyrrole nitrogens is 1. The first-order chi connectivity index (χ1) is 12.5.